The lowest BCUT2D eigenvalue weighted by atomic mass is 9.98. The number of nitrogens with one attached hydrogen (secondary N) is 1. The van der Waals surface area contributed by atoms with E-state index in [0.29, 0.717) is 0 Å². The number of benzene rings is 1. The molecule has 17 heavy (non-hydrogen) atoms. The van der Waals surface area contributed by atoms with E-state index in [1.54, 1.807) is 7.11 Å². The molecule has 4 heteroatoms. The van der Waals surface area contributed by atoms with Gasteiger partial charge in [0.05, 0.1) is 19.8 Å². The van der Waals surface area contributed by atoms with Crippen molar-refractivity contribution in [3.63, 3.8) is 0 Å². The molecule has 0 amide bonds. The molecule has 1 unspecified atom stereocenters. The molecule has 1 aliphatic rings. The lowest BCUT2D eigenvalue weighted by Crippen LogP contribution is -2.33. The van der Waals surface area contributed by atoms with E-state index in [-0.39, 0.29) is 6.10 Å². The van der Waals surface area contributed by atoms with Gasteiger partial charge in [-0.3, -0.25) is 0 Å². The van der Waals surface area contributed by atoms with Crippen molar-refractivity contribution in [1.29, 1.82) is 0 Å². The topological polar surface area (TPSA) is 30.5 Å². The van der Waals surface area contributed by atoms with Gasteiger partial charge in [-0.2, -0.15) is 0 Å². The molecule has 0 aromatic heterocycles. The highest BCUT2D eigenvalue weighted by atomic mass is 35.5. The first-order chi connectivity index (χ1) is 8.15. The summed E-state index contributed by atoms with van der Waals surface area (Å²) in [7, 11) is 1.69. The lowest BCUT2D eigenvalue weighted by molar-refractivity contribution is 0.0272. The van der Waals surface area contributed by atoms with Crippen LogP contribution in [0.25, 0.3) is 0 Å². The first kappa shape index (κ1) is 12.7. The van der Waals surface area contributed by atoms with Gasteiger partial charge in [0.2, 0.25) is 0 Å². The van der Waals surface area contributed by atoms with Gasteiger partial charge in [0.1, 0.15) is 5.75 Å². The molecule has 1 fully saturated rings. The van der Waals surface area contributed by atoms with E-state index in [4.69, 9.17) is 21.1 Å². The molecule has 1 saturated heterocycles. The summed E-state index contributed by atoms with van der Waals surface area (Å²) in [5.41, 5.74) is 3.18. The van der Waals surface area contributed by atoms with Crippen LogP contribution in [0.5, 0.6) is 5.75 Å². The number of rotatable bonds is 2. The van der Waals surface area contributed by atoms with Crippen molar-refractivity contribution in [2.45, 2.75) is 20.0 Å². The third-order valence-corrected chi connectivity index (χ3v) is 3.47. The summed E-state index contributed by atoms with van der Waals surface area (Å²) in [6, 6.07) is 1.95. The molecule has 1 N–H and O–H groups in total. The summed E-state index contributed by atoms with van der Waals surface area (Å²) < 4.78 is 11.2. The minimum atomic E-state index is 0.0192. The maximum absolute atomic E-state index is 6.33. The van der Waals surface area contributed by atoms with Gasteiger partial charge in [0.25, 0.3) is 0 Å². The molecule has 0 spiro atoms. The number of methoxy groups -OCH3 is 1. The molecule has 1 aliphatic heterocycles. The van der Waals surface area contributed by atoms with E-state index in [1.807, 2.05) is 19.9 Å². The van der Waals surface area contributed by atoms with Crippen molar-refractivity contribution in [2.75, 3.05) is 26.8 Å². The Balaban J connectivity index is 2.44. The molecule has 0 bridgehead atoms. The molecule has 1 heterocycles. The van der Waals surface area contributed by atoms with Gasteiger partial charge in [-0.05, 0) is 31.0 Å². The van der Waals surface area contributed by atoms with Crippen LogP contribution in [-0.4, -0.2) is 26.8 Å². The second kappa shape index (κ2) is 5.25. The summed E-state index contributed by atoms with van der Waals surface area (Å²) in [5.74, 6) is 0.901. The number of hydrogen-bond acceptors (Lipinski definition) is 3. The predicted molar refractivity (Wildman–Crippen MR) is 69.0 cm³/mol. The van der Waals surface area contributed by atoms with Gasteiger partial charge in [-0.15, -0.1) is 0 Å². The second-order valence-corrected chi connectivity index (χ2v) is 4.72. The Morgan fingerprint density at radius 2 is 2.24 bits per heavy atom. The Bertz CT molecular complexity index is 414. The van der Waals surface area contributed by atoms with E-state index >= 15 is 0 Å². The molecule has 1 aromatic carbocycles. The van der Waals surface area contributed by atoms with Crippen molar-refractivity contribution in [2.24, 2.45) is 0 Å². The Hall–Kier alpha value is -0.770. The van der Waals surface area contributed by atoms with Crippen LogP contribution >= 0.6 is 11.6 Å². The summed E-state index contributed by atoms with van der Waals surface area (Å²) >= 11 is 6.33. The largest absolute Gasteiger partial charge is 0.496 e. The fraction of sp³-hybridized carbons (Fsp3) is 0.538. The summed E-state index contributed by atoms with van der Waals surface area (Å²) in [6.45, 7) is 6.45. The van der Waals surface area contributed by atoms with E-state index in [9.17, 15) is 0 Å². The number of halogens is 1. The number of morpholine rings is 1. The molecular weight excluding hydrogens is 238 g/mol. The zero-order valence-corrected chi connectivity index (χ0v) is 11.2. The SMILES string of the molecule is COc1c(C)cc(Cl)c(C2CNCCO2)c1C. The normalized spacial score (nSPS) is 20.4. The Morgan fingerprint density at radius 3 is 2.82 bits per heavy atom. The van der Waals surface area contributed by atoms with Crippen LogP contribution in [0.3, 0.4) is 0 Å². The number of hydrogen-bond donors (Lipinski definition) is 1. The lowest BCUT2D eigenvalue weighted by Gasteiger charge is -2.27. The summed E-state index contributed by atoms with van der Waals surface area (Å²) in [5, 5.41) is 4.07. The number of ether oxygens (including phenoxy) is 2. The second-order valence-electron chi connectivity index (χ2n) is 4.31. The predicted octanol–water partition coefficient (Wildman–Crippen LogP) is 2.63. The fourth-order valence-corrected chi connectivity index (χ4v) is 2.82. The van der Waals surface area contributed by atoms with E-state index in [2.05, 4.69) is 5.32 Å². The molecule has 0 radical (unpaired) electrons. The molecule has 1 atom stereocenters. The smallest absolute Gasteiger partial charge is 0.125 e. The van der Waals surface area contributed by atoms with Gasteiger partial charge < -0.3 is 14.8 Å². The van der Waals surface area contributed by atoms with Gasteiger partial charge in [-0.1, -0.05) is 11.6 Å². The van der Waals surface area contributed by atoms with Gasteiger partial charge in [-0.25, -0.2) is 0 Å². The van der Waals surface area contributed by atoms with E-state index in [0.717, 1.165) is 47.2 Å². The van der Waals surface area contributed by atoms with E-state index in [1.165, 1.54) is 0 Å². The van der Waals surface area contributed by atoms with Crippen molar-refractivity contribution >= 4 is 11.6 Å². The molecule has 3 nitrogen and oxygen atoms in total. The Kier molecular flexibility index (Phi) is 3.92. The van der Waals surface area contributed by atoms with Crippen LogP contribution in [0.1, 0.15) is 22.8 Å². The fourth-order valence-electron chi connectivity index (χ4n) is 2.39. The molecule has 0 saturated carbocycles. The third kappa shape index (κ3) is 2.41. The molecule has 2 rings (SSSR count). The molecule has 1 aromatic rings. The third-order valence-electron chi connectivity index (χ3n) is 3.16. The maximum atomic E-state index is 6.33. The Labute approximate surface area is 107 Å². The average molecular weight is 256 g/mol. The zero-order chi connectivity index (χ0) is 12.4. The quantitative estimate of drug-likeness (QED) is 0.881. The minimum Gasteiger partial charge on any atom is -0.496 e. The van der Waals surface area contributed by atoms with Crippen LogP contribution in [0.4, 0.5) is 0 Å². The summed E-state index contributed by atoms with van der Waals surface area (Å²) in [4.78, 5) is 0. The van der Waals surface area contributed by atoms with Gasteiger partial charge >= 0.3 is 0 Å². The molecule has 0 aliphatic carbocycles. The number of aryl methyl sites for hydroxylation is 1. The minimum absolute atomic E-state index is 0.0192. The van der Waals surface area contributed by atoms with Crippen LogP contribution in [-0.2, 0) is 4.74 Å². The van der Waals surface area contributed by atoms with Gasteiger partial charge in [0, 0.05) is 23.7 Å². The standard InChI is InChI=1S/C13H18ClNO2/c1-8-6-10(14)12(9(2)13(8)16-3)11-7-15-4-5-17-11/h6,11,15H,4-5,7H2,1-3H3. The van der Waals surface area contributed by atoms with Crippen molar-refractivity contribution in [1.82, 2.24) is 5.32 Å². The average Bonchev–Trinajstić information content (AvgIpc) is 2.30. The highest BCUT2D eigenvalue weighted by molar-refractivity contribution is 6.31. The van der Waals surface area contributed by atoms with E-state index < -0.39 is 0 Å². The van der Waals surface area contributed by atoms with Crippen molar-refractivity contribution in [3.05, 3.63) is 27.8 Å². The van der Waals surface area contributed by atoms with Crippen LogP contribution in [0.2, 0.25) is 5.02 Å². The highest BCUT2D eigenvalue weighted by Crippen LogP contribution is 2.37. The van der Waals surface area contributed by atoms with Crippen LogP contribution in [0, 0.1) is 13.8 Å². The highest BCUT2D eigenvalue weighted by Gasteiger charge is 2.23. The Morgan fingerprint density at radius 1 is 1.47 bits per heavy atom. The molecular formula is C13H18ClNO2. The molecule has 94 valence electrons. The van der Waals surface area contributed by atoms with Crippen molar-refractivity contribution < 1.29 is 9.47 Å². The first-order valence-corrected chi connectivity index (χ1v) is 6.19. The van der Waals surface area contributed by atoms with Gasteiger partial charge in [0.15, 0.2) is 0 Å². The zero-order valence-electron chi connectivity index (χ0n) is 10.5. The summed E-state index contributed by atoms with van der Waals surface area (Å²) in [6.07, 6.45) is 0.0192. The van der Waals surface area contributed by atoms with Crippen LogP contribution < -0.4 is 10.1 Å². The first-order valence-electron chi connectivity index (χ1n) is 5.81. The van der Waals surface area contributed by atoms with Crippen LogP contribution in [0.15, 0.2) is 6.07 Å². The van der Waals surface area contributed by atoms with Crippen molar-refractivity contribution in [3.8, 4) is 5.75 Å². The monoisotopic (exact) mass is 255 g/mol. The maximum Gasteiger partial charge on any atom is 0.125 e.